The predicted octanol–water partition coefficient (Wildman–Crippen LogP) is -0.334. The summed E-state index contributed by atoms with van der Waals surface area (Å²) < 4.78 is 9.93. The highest BCUT2D eigenvalue weighted by molar-refractivity contribution is 5.67. The fraction of sp³-hybridized carbons (Fsp3) is 0.875. The Morgan fingerprint density at radius 1 is 1.23 bits per heavy atom. The van der Waals surface area contributed by atoms with Gasteiger partial charge in [0, 0.05) is 6.54 Å². The summed E-state index contributed by atoms with van der Waals surface area (Å²) in [6, 6.07) is 0. The van der Waals surface area contributed by atoms with Gasteiger partial charge in [0.15, 0.2) is 0 Å². The minimum Gasteiger partial charge on any atom is -0.480 e. The molecule has 1 N–H and O–H groups in total. The summed E-state index contributed by atoms with van der Waals surface area (Å²) in [5, 5.41) is 8.22. The van der Waals surface area contributed by atoms with Crippen LogP contribution in [0.2, 0.25) is 0 Å². The van der Waals surface area contributed by atoms with E-state index in [9.17, 15) is 4.79 Å². The minimum atomic E-state index is -0.951. The van der Waals surface area contributed by atoms with Crippen molar-refractivity contribution >= 4 is 5.97 Å². The van der Waals surface area contributed by atoms with Crippen LogP contribution in [0.25, 0.3) is 0 Å². The number of ether oxygens (including phenoxy) is 2. The lowest BCUT2D eigenvalue weighted by molar-refractivity contribution is -0.142. The number of nitrogens with zero attached hydrogens (tertiary/aromatic N) is 1. The highest BCUT2D eigenvalue weighted by atomic mass is 16.5. The molecule has 0 bridgehead atoms. The fourth-order valence-corrected chi connectivity index (χ4v) is 0.627. The molecule has 0 atom stereocenters. The van der Waals surface area contributed by atoms with Crippen molar-refractivity contribution in [2.24, 2.45) is 0 Å². The van der Waals surface area contributed by atoms with Gasteiger partial charge in [-0.1, -0.05) is 0 Å². The van der Waals surface area contributed by atoms with Gasteiger partial charge in [-0.25, -0.2) is 4.79 Å². The summed E-state index contributed by atoms with van der Waals surface area (Å²) in [6.07, 6.45) is 0. The van der Waals surface area contributed by atoms with Gasteiger partial charge in [-0.05, 0) is 14.1 Å². The topological polar surface area (TPSA) is 59.0 Å². The van der Waals surface area contributed by atoms with E-state index in [1.807, 2.05) is 19.0 Å². The van der Waals surface area contributed by atoms with E-state index in [4.69, 9.17) is 14.6 Å². The first-order valence-corrected chi connectivity index (χ1v) is 4.15. The number of carboxylic acids is 1. The number of likely N-dealkylation sites (N-methyl/N-ethyl adjacent to an activating group) is 1. The molecule has 0 rings (SSSR count). The van der Waals surface area contributed by atoms with Gasteiger partial charge in [-0.3, -0.25) is 0 Å². The second-order valence-corrected chi connectivity index (χ2v) is 2.86. The smallest absolute Gasteiger partial charge is 0.329 e. The molecule has 0 fully saturated rings. The second-order valence-electron chi connectivity index (χ2n) is 2.86. The van der Waals surface area contributed by atoms with Crippen LogP contribution in [0.1, 0.15) is 0 Å². The van der Waals surface area contributed by atoms with Gasteiger partial charge in [0.1, 0.15) is 6.61 Å². The van der Waals surface area contributed by atoms with Crippen LogP contribution >= 0.6 is 0 Å². The molecular formula is C8H17NO4. The molecule has 0 amide bonds. The Labute approximate surface area is 78.2 Å². The molecule has 0 aromatic carbocycles. The number of carbonyl (C=O) groups is 1. The Morgan fingerprint density at radius 3 is 2.38 bits per heavy atom. The summed E-state index contributed by atoms with van der Waals surface area (Å²) in [4.78, 5) is 12.0. The van der Waals surface area contributed by atoms with Crippen molar-refractivity contribution in [3.63, 3.8) is 0 Å². The summed E-state index contributed by atoms with van der Waals surface area (Å²) >= 11 is 0. The van der Waals surface area contributed by atoms with Crippen LogP contribution in [-0.4, -0.2) is 63.0 Å². The van der Waals surface area contributed by atoms with Gasteiger partial charge in [0.2, 0.25) is 0 Å². The maximum Gasteiger partial charge on any atom is 0.329 e. The highest BCUT2D eigenvalue weighted by Crippen LogP contribution is 1.80. The first-order chi connectivity index (χ1) is 6.13. The molecule has 0 heterocycles. The van der Waals surface area contributed by atoms with Crippen LogP contribution in [0.5, 0.6) is 0 Å². The predicted molar refractivity (Wildman–Crippen MR) is 47.8 cm³/mol. The number of hydrogen-bond donors (Lipinski definition) is 1. The van der Waals surface area contributed by atoms with Crippen molar-refractivity contribution in [1.29, 1.82) is 0 Å². The molecule has 0 aliphatic heterocycles. The summed E-state index contributed by atoms with van der Waals surface area (Å²) in [6.45, 7) is 2.03. The van der Waals surface area contributed by atoms with Gasteiger partial charge in [0.05, 0.1) is 19.8 Å². The number of carboxylic acid groups (broad SMARTS) is 1. The third kappa shape index (κ3) is 11.3. The van der Waals surface area contributed by atoms with E-state index in [-0.39, 0.29) is 6.61 Å². The second kappa shape index (κ2) is 7.97. The molecule has 0 saturated heterocycles. The van der Waals surface area contributed by atoms with Crippen LogP contribution in [0.4, 0.5) is 0 Å². The molecule has 0 unspecified atom stereocenters. The Hall–Kier alpha value is -0.650. The zero-order valence-corrected chi connectivity index (χ0v) is 8.15. The third-order valence-corrected chi connectivity index (χ3v) is 1.28. The Kier molecular flexibility index (Phi) is 7.57. The quantitative estimate of drug-likeness (QED) is 0.532. The average Bonchev–Trinajstić information content (AvgIpc) is 2.01. The molecule has 0 aliphatic rings. The highest BCUT2D eigenvalue weighted by Gasteiger charge is 1.95. The van der Waals surface area contributed by atoms with Crippen molar-refractivity contribution < 1.29 is 19.4 Å². The molecule has 5 heteroatoms. The van der Waals surface area contributed by atoms with Gasteiger partial charge in [-0.15, -0.1) is 0 Å². The van der Waals surface area contributed by atoms with Gasteiger partial charge >= 0.3 is 5.97 Å². The molecule has 0 radical (unpaired) electrons. The van der Waals surface area contributed by atoms with Gasteiger partial charge in [0.25, 0.3) is 0 Å². The first-order valence-electron chi connectivity index (χ1n) is 4.15. The van der Waals surface area contributed by atoms with Crippen molar-refractivity contribution in [1.82, 2.24) is 4.90 Å². The van der Waals surface area contributed by atoms with Crippen molar-refractivity contribution in [3.05, 3.63) is 0 Å². The maximum absolute atomic E-state index is 10.0. The summed E-state index contributed by atoms with van der Waals surface area (Å²) in [5.74, 6) is -0.951. The Bertz CT molecular complexity index is 138. The Balaban J connectivity index is 2.96. The monoisotopic (exact) mass is 191 g/mol. The van der Waals surface area contributed by atoms with Crippen LogP contribution in [0.15, 0.2) is 0 Å². The van der Waals surface area contributed by atoms with E-state index in [1.54, 1.807) is 0 Å². The molecule has 13 heavy (non-hydrogen) atoms. The number of hydrogen-bond acceptors (Lipinski definition) is 4. The van der Waals surface area contributed by atoms with E-state index in [1.165, 1.54) is 0 Å². The standard InChI is InChI=1S/C8H17NO4/c1-9(2)3-4-12-5-6-13-7-8(10)11/h3-7H2,1-2H3,(H,10,11). The molecule has 5 nitrogen and oxygen atoms in total. The lowest BCUT2D eigenvalue weighted by Crippen LogP contribution is -2.19. The van der Waals surface area contributed by atoms with Crippen molar-refractivity contribution in [3.8, 4) is 0 Å². The molecule has 0 saturated carbocycles. The zero-order chi connectivity index (χ0) is 10.1. The van der Waals surface area contributed by atoms with Crippen LogP contribution < -0.4 is 0 Å². The van der Waals surface area contributed by atoms with E-state index in [0.717, 1.165) is 6.54 Å². The van der Waals surface area contributed by atoms with Crippen molar-refractivity contribution in [2.45, 2.75) is 0 Å². The minimum absolute atomic E-state index is 0.253. The molecule has 78 valence electrons. The maximum atomic E-state index is 10.0. The summed E-state index contributed by atoms with van der Waals surface area (Å²) in [5.41, 5.74) is 0. The van der Waals surface area contributed by atoms with Crippen LogP contribution in [0.3, 0.4) is 0 Å². The molecule has 0 aliphatic carbocycles. The van der Waals surface area contributed by atoms with E-state index < -0.39 is 5.97 Å². The van der Waals surface area contributed by atoms with E-state index in [2.05, 4.69) is 0 Å². The molecule has 0 spiro atoms. The normalized spacial score (nSPS) is 10.7. The number of rotatable bonds is 8. The largest absolute Gasteiger partial charge is 0.480 e. The third-order valence-electron chi connectivity index (χ3n) is 1.28. The average molecular weight is 191 g/mol. The van der Waals surface area contributed by atoms with Crippen LogP contribution in [0, 0.1) is 0 Å². The molecular weight excluding hydrogens is 174 g/mol. The zero-order valence-electron chi connectivity index (χ0n) is 8.15. The van der Waals surface area contributed by atoms with Gasteiger partial charge in [-0.2, -0.15) is 0 Å². The van der Waals surface area contributed by atoms with Crippen LogP contribution in [-0.2, 0) is 14.3 Å². The van der Waals surface area contributed by atoms with Crippen molar-refractivity contribution in [2.75, 3.05) is 47.1 Å². The first kappa shape index (κ1) is 12.3. The number of aliphatic carboxylic acids is 1. The molecule has 0 aromatic heterocycles. The molecule has 0 aromatic rings. The summed E-state index contributed by atoms with van der Waals surface area (Å²) in [7, 11) is 3.93. The Morgan fingerprint density at radius 2 is 1.85 bits per heavy atom. The lowest BCUT2D eigenvalue weighted by atomic mass is 10.6. The fourth-order valence-electron chi connectivity index (χ4n) is 0.627. The SMILES string of the molecule is CN(C)CCOCCOCC(=O)O. The van der Waals surface area contributed by atoms with E-state index >= 15 is 0 Å². The van der Waals surface area contributed by atoms with Gasteiger partial charge < -0.3 is 19.5 Å². The van der Waals surface area contributed by atoms with E-state index in [0.29, 0.717) is 19.8 Å². The lowest BCUT2D eigenvalue weighted by Gasteiger charge is -2.09.